The van der Waals surface area contributed by atoms with Gasteiger partial charge in [-0.2, -0.15) is 0 Å². The molecule has 0 atom stereocenters. The van der Waals surface area contributed by atoms with Gasteiger partial charge in [0.1, 0.15) is 0 Å². The lowest BCUT2D eigenvalue weighted by molar-refractivity contribution is 0.0697. The van der Waals surface area contributed by atoms with Crippen LogP contribution in [0.25, 0.3) is 21.9 Å². The molecule has 92 valence electrons. The Morgan fingerprint density at radius 2 is 1.32 bits per heavy atom. The molecule has 2 heteroatoms. The van der Waals surface area contributed by atoms with Crippen LogP contribution < -0.4 is 0 Å². The molecule has 2 aromatic carbocycles. The van der Waals surface area contributed by atoms with E-state index in [0.717, 1.165) is 10.8 Å². The van der Waals surface area contributed by atoms with Crippen molar-refractivity contribution in [2.75, 3.05) is 0 Å². The zero-order valence-corrected chi connectivity index (χ0v) is 10.2. The maximum Gasteiger partial charge on any atom is 0.335 e. The zero-order valence-electron chi connectivity index (χ0n) is 10.2. The molecule has 2 aromatic rings. The summed E-state index contributed by atoms with van der Waals surface area (Å²) >= 11 is 0. The van der Waals surface area contributed by atoms with Gasteiger partial charge in [0.05, 0.1) is 5.56 Å². The third-order valence-corrected chi connectivity index (χ3v) is 3.21. The van der Waals surface area contributed by atoms with E-state index >= 15 is 0 Å². The van der Waals surface area contributed by atoms with E-state index in [0.29, 0.717) is 5.56 Å². The highest BCUT2D eigenvalue weighted by molar-refractivity contribution is 5.94. The summed E-state index contributed by atoms with van der Waals surface area (Å²) in [5, 5.41) is 10.8. The Kier molecular flexibility index (Phi) is 2.76. The summed E-state index contributed by atoms with van der Waals surface area (Å²) in [6, 6.07) is 21.3. The van der Waals surface area contributed by atoms with Gasteiger partial charge in [-0.15, -0.1) is 0 Å². The fraction of sp³-hybridized carbons (Fsp3) is 0. The fourth-order valence-electron chi connectivity index (χ4n) is 1.99. The molecular weight excluding hydrogens is 236 g/mol. The van der Waals surface area contributed by atoms with Crippen molar-refractivity contribution in [3.05, 3.63) is 72.3 Å². The Morgan fingerprint density at radius 1 is 0.737 bits per heavy atom. The van der Waals surface area contributed by atoms with Crippen molar-refractivity contribution in [2.24, 2.45) is 0 Å². The number of fused-ring (bicyclic) bond motifs is 2. The first-order valence-electron chi connectivity index (χ1n) is 6.06. The smallest absolute Gasteiger partial charge is 0.335 e. The number of carbonyl (C=O) groups is 1. The quantitative estimate of drug-likeness (QED) is 0.548. The highest BCUT2D eigenvalue weighted by atomic mass is 16.4. The van der Waals surface area contributed by atoms with E-state index in [1.807, 2.05) is 30.3 Å². The van der Waals surface area contributed by atoms with Crippen molar-refractivity contribution in [3.63, 3.8) is 0 Å². The highest BCUT2D eigenvalue weighted by Gasteiger charge is 2.04. The van der Waals surface area contributed by atoms with Gasteiger partial charge >= 0.3 is 5.97 Å². The maximum absolute atomic E-state index is 10.6. The topological polar surface area (TPSA) is 37.3 Å². The van der Waals surface area contributed by atoms with Gasteiger partial charge in [0.15, 0.2) is 0 Å². The van der Waals surface area contributed by atoms with Gasteiger partial charge in [-0.05, 0) is 34.0 Å². The summed E-state index contributed by atoms with van der Waals surface area (Å²) in [5.41, 5.74) is 3.18. The molecule has 0 fully saturated rings. The highest BCUT2D eigenvalue weighted by Crippen LogP contribution is 2.29. The molecule has 0 amide bonds. The molecule has 0 aromatic heterocycles. The Labute approximate surface area is 110 Å². The number of hydrogen-bond acceptors (Lipinski definition) is 1. The van der Waals surface area contributed by atoms with E-state index in [1.54, 1.807) is 12.1 Å². The van der Waals surface area contributed by atoms with Crippen molar-refractivity contribution < 1.29 is 9.90 Å². The van der Waals surface area contributed by atoms with Gasteiger partial charge in [-0.1, -0.05) is 54.6 Å². The molecule has 0 aliphatic heterocycles. The van der Waals surface area contributed by atoms with E-state index < -0.39 is 5.97 Å². The minimum absolute atomic E-state index is 0.332. The Hall–Kier alpha value is -2.61. The summed E-state index contributed by atoms with van der Waals surface area (Å²) < 4.78 is 0. The molecule has 0 radical (unpaired) electrons. The second kappa shape index (κ2) is 4.58. The van der Waals surface area contributed by atoms with Crippen molar-refractivity contribution in [1.29, 1.82) is 0 Å². The minimum atomic E-state index is -0.884. The fourth-order valence-corrected chi connectivity index (χ4v) is 1.99. The second-order valence-electron chi connectivity index (χ2n) is 4.44. The normalized spacial score (nSPS) is 10.5. The van der Waals surface area contributed by atoms with Crippen LogP contribution in [0.4, 0.5) is 0 Å². The van der Waals surface area contributed by atoms with E-state index in [-0.39, 0.29) is 0 Å². The van der Waals surface area contributed by atoms with Crippen molar-refractivity contribution >= 4 is 16.7 Å². The van der Waals surface area contributed by atoms with Crippen LogP contribution in [0.3, 0.4) is 0 Å². The lowest BCUT2D eigenvalue weighted by atomic mass is 9.95. The largest absolute Gasteiger partial charge is 0.478 e. The average Bonchev–Trinajstić information content (AvgIpc) is 2.43. The van der Waals surface area contributed by atoms with Gasteiger partial charge in [0.25, 0.3) is 0 Å². The Bertz CT molecular complexity index is 722. The first kappa shape index (κ1) is 11.5. The molecule has 2 aliphatic rings. The molecule has 2 nitrogen and oxygen atoms in total. The number of aromatic carboxylic acids is 1. The predicted molar refractivity (Wildman–Crippen MR) is 76.3 cm³/mol. The van der Waals surface area contributed by atoms with Crippen LogP contribution in [0.2, 0.25) is 0 Å². The standard InChI is InChI=1S/C11H8O2.C6H4/c12-11(13)10-6-5-8-3-1-2-4-9(8)7-10;1-2-6-4-3-5(1)6/h1-7H,(H,12,13);1-4H. The van der Waals surface area contributed by atoms with Gasteiger partial charge < -0.3 is 5.11 Å². The van der Waals surface area contributed by atoms with Crippen LogP contribution in [0.15, 0.2) is 66.7 Å². The molecule has 0 saturated heterocycles. The van der Waals surface area contributed by atoms with E-state index in [1.165, 1.54) is 11.1 Å². The number of carboxylic acid groups (broad SMARTS) is 1. The molecule has 0 heterocycles. The van der Waals surface area contributed by atoms with Gasteiger partial charge in [-0.25, -0.2) is 4.79 Å². The molecule has 0 spiro atoms. The maximum atomic E-state index is 10.6. The third-order valence-electron chi connectivity index (χ3n) is 3.21. The van der Waals surface area contributed by atoms with Crippen LogP contribution in [0.5, 0.6) is 0 Å². The second-order valence-corrected chi connectivity index (χ2v) is 4.44. The molecular formula is C17H12O2. The summed E-state index contributed by atoms with van der Waals surface area (Å²) in [6.45, 7) is 0. The van der Waals surface area contributed by atoms with Crippen molar-refractivity contribution in [1.82, 2.24) is 0 Å². The Balaban J connectivity index is 0.000000151. The third kappa shape index (κ3) is 2.20. The molecule has 2 aliphatic carbocycles. The van der Waals surface area contributed by atoms with E-state index in [4.69, 9.17) is 5.11 Å². The van der Waals surface area contributed by atoms with Gasteiger partial charge in [0, 0.05) is 0 Å². The molecule has 4 rings (SSSR count). The number of hydrogen-bond donors (Lipinski definition) is 1. The SMILES string of the molecule is O=C(O)c1ccc2ccccc2c1.c1cc2ccc1-2. The lowest BCUT2D eigenvalue weighted by Crippen LogP contribution is -1.94. The number of carboxylic acids is 1. The summed E-state index contributed by atoms with van der Waals surface area (Å²) in [5.74, 6) is -0.884. The van der Waals surface area contributed by atoms with Crippen molar-refractivity contribution in [3.8, 4) is 11.1 Å². The molecule has 1 N–H and O–H groups in total. The van der Waals surface area contributed by atoms with Crippen molar-refractivity contribution in [2.45, 2.75) is 0 Å². The zero-order chi connectivity index (χ0) is 13.2. The molecule has 0 saturated carbocycles. The van der Waals surface area contributed by atoms with Gasteiger partial charge in [-0.3, -0.25) is 0 Å². The van der Waals surface area contributed by atoms with Crippen LogP contribution in [-0.4, -0.2) is 11.1 Å². The monoisotopic (exact) mass is 248 g/mol. The van der Waals surface area contributed by atoms with Crippen LogP contribution in [-0.2, 0) is 0 Å². The van der Waals surface area contributed by atoms with Crippen LogP contribution in [0.1, 0.15) is 10.4 Å². The average molecular weight is 248 g/mol. The number of rotatable bonds is 1. The van der Waals surface area contributed by atoms with Gasteiger partial charge in [0.2, 0.25) is 0 Å². The van der Waals surface area contributed by atoms with E-state index in [2.05, 4.69) is 24.3 Å². The molecule has 0 unspecified atom stereocenters. The first-order chi connectivity index (χ1) is 9.24. The van der Waals surface area contributed by atoms with Crippen LogP contribution >= 0.6 is 0 Å². The minimum Gasteiger partial charge on any atom is -0.478 e. The summed E-state index contributed by atoms with van der Waals surface area (Å²) in [4.78, 5) is 10.6. The molecule has 0 bridgehead atoms. The Morgan fingerprint density at radius 3 is 1.79 bits per heavy atom. The molecule has 19 heavy (non-hydrogen) atoms. The summed E-state index contributed by atoms with van der Waals surface area (Å²) in [6.07, 6.45) is 0. The van der Waals surface area contributed by atoms with Crippen LogP contribution in [0, 0.1) is 0 Å². The predicted octanol–water partition coefficient (Wildman–Crippen LogP) is 4.21. The first-order valence-corrected chi connectivity index (χ1v) is 6.06. The number of benzene rings is 3. The van der Waals surface area contributed by atoms with E-state index in [9.17, 15) is 4.79 Å². The summed E-state index contributed by atoms with van der Waals surface area (Å²) in [7, 11) is 0. The lowest BCUT2D eigenvalue weighted by Gasteiger charge is -2.10.